The summed E-state index contributed by atoms with van der Waals surface area (Å²) in [7, 11) is 0. The lowest BCUT2D eigenvalue weighted by molar-refractivity contribution is 0.273. The van der Waals surface area contributed by atoms with E-state index in [0.717, 1.165) is 25.4 Å². The second kappa shape index (κ2) is 7.38. The van der Waals surface area contributed by atoms with Gasteiger partial charge in [0.15, 0.2) is 5.96 Å². The fourth-order valence-corrected chi connectivity index (χ4v) is 4.66. The van der Waals surface area contributed by atoms with Gasteiger partial charge in [0.1, 0.15) is 0 Å². The van der Waals surface area contributed by atoms with E-state index in [1.165, 1.54) is 29.8 Å². The maximum absolute atomic E-state index is 6.05. The van der Waals surface area contributed by atoms with Crippen LogP contribution in [0.5, 0.6) is 0 Å². The van der Waals surface area contributed by atoms with Crippen molar-refractivity contribution in [1.82, 2.24) is 10.2 Å². The van der Waals surface area contributed by atoms with Crippen LogP contribution in [0, 0.1) is 0 Å². The van der Waals surface area contributed by atoms with Crippen molar-refractivity contribution in [3.8, 4) is 0 Å². The van der Waals surface area contributed by atoms with Gasteiger partial charge in [-0.3, -0.25) is 9.89 Å². The Hall–Kier alpha value is -1.20. The molecule has 2 heterocycles. The molecule has 0 aliphatic carbocycles. The predicted octanol–water partition coefficient (Wildman–Crippen LogP) is 2.26. The van der Waals surface area contributed by atoms with Gasteiger partial charge in [-0.2, -0.15) is 0 Å². The molecule has 1 aromatic carbocycles. The Morgan fingerprint density at radius 1 is 1.45 bits per heavy atom. The first-order valence-corrected chi connectivity index (χ1v) is 9.26. The van der Waals surface area contributed by atoms with Crippen molar-refractivity contribution in [3.05, 3.63) is 29.8 Å². The van der Waals surface area contributed by atoms with Crippen molar-refractivity contribution in [2.24, 2.45) is 10.7 Å². The lowest BCUT2D eigenvalue weighted by Crippen LogP contribution is -2.37. The highest BCUT2D eigenvalue weighted by atomic mass is 32.2. The van der Waals surface area contributed by atoms with Gasteiger partial charge in [0.05, 0.1) is 6.54 Å². The highest BCUT2D eigenvalue weighted by Crippen LogP contribution is 2.38. The van der Waals surface area contributed by atoms with Gasteiger partial charge in [0, 0.05) is 29.2 Å². The molecule has 5 heteroatoms. The largest absolute Gasteiger partial charge is 0.370 e. The van der Waals surface area contributed by atoms with Crippen molar-refractivity contribution < 1.29 is 0 Å². The minimum absolute atomic E-state index is 0.536. The lowest BCUT2D eigenvalue weighted by atomic mass is 10.0. The Bertz CT molecular complexity index is 531. The van der Waals surface area contributed by atoms with E-state index in [1.54, 1.807) is 0 Å². The van der Waals surface area contributed by atoms with Crippen LogP contribution in [0.1, 0.15) is 31.2 Å². The fourth-order valence-electron chi connectivity index (χ4n) is 3.40. The minimum Gasteiger partial charge on any atom is -0.370 e. The SMILES string of the molecule is CCN1CCCC1CN=C(N)NCC1CSc2ccccc21. The van der Waals surface area contributed by atoms with Gasteiger partial charge < -0.3 is 11.1 Å². The summed E-state index contributed by atoms with van der Waals surface area (Å²) in [6.45, 7) is 6.24. The van der Waals surface area contributed by atoms with E-state index in [0.29, 0.717) is 17.9 Å². The molecule has 0 spiro atoms. The number of thioether (sulfide) groups is 1. The number of fused-ring (bicyclic) bond motifs is 1. The first-order valence-electron chi connectivity index (χ1n) is 8.27. The van der Waals surface area contributed by atoms with E-state index in [9.17, 15) is 0 Å². The summed E-state index contributed by atoms with van der Waals surface area (Å²) in [4.78, 5) is 8.47. The molecular formula is C17H26N4S. The number of nitrogens with zero attached hydrogens (tertiary/aromatic N) is 2. The number of likely N-dealkylation sites (N-methyl/N-ethyl adjacent to an activating group) is 1. The van der Waals surface area contributed by atoms with Crippen molar-refractivity contribution in [3.63, 3.8) is 0 Å². The van der Waals surface area contributed by atoms with Gasteiger partial charge in [0.2, 0.25) is 0 Å². The van der Waals surface area contributed by atoms with E-state index in [1.807, 2.05) is 11.8 Å². The Labute approximate surface area is 137 Å². The van der Waals surface area contributed by atoms with Crippen LogP contribution in [0.25, 0.3) is 0 Å². The number of hydrogen-bond donors (Lipinski definition) is 2. The Morgan fingerprint density at radius 2 is 2.32 bits per heavy atom. The highest BCUT2D eigenvalue weighted by Gasteiger charge is 2.23. The molecule has 2 aliphatic heterocycles. The first-order chi connectivity index (χ1) is 10.8. The third kappa shape index (κ3) is 3.58. The van der Waals surface area contributed by atoms with E-state index < -0.39 is 0 Å². The zero-order valence-electron chi connectivity index (χ0n) is 13.3. The average molecular weight is 318 g/mol. The van der Waals surface area contributed by atoms with Gasteiger partial charge >= 0.3 is 0 Å². The fraction of sp³-hybridized carbons (Fsp3) is 0.588. The zero-order chi connectivity index (χ0) is 15.4. The summed E-state index contributed by atoms with van der Waals surface area (Å²) in [5.41, 5.74) is 7.50. The van der Waals surface area contributed by atoms with Crippen molar-refractivity contribution in [2.45, 2.75) is 36.6 Å². The summed E-state index contributed by atoms with van der Waals surface area (Å²) in [6, 6.07) is 9.24. The van der Waals surface area contributed by atoms with Crippen LogP contribution in [-0.2, 0) is 0 Å². The number of likely N-dealkylation sites (tertiary alicyclic amines) is 1. The number of aliphatic imine (C=N–C) groups is 1. The molecule has 3 rings (SSSR count). The summed E-state index contributed by atoms with van der Waals surface area (Å²) < 4.78 is 0. The summed E-state index contributed by atoms with van der Waals surface area (Å²) in [5, 5.41) is 3.32. The third-order valence-electron chi connectivity index (χ3n) is 4.71. The lowest BCUT2D eigenvalue weighted by Gasteiger charge is -2.21. The molecule has 0 aromatic heterocycles. The number of benzene rings is 1. The van der Waals surface area contributed by atoms with Crippen LogP contribution in [-0.4, -0.2) is 48.8 Å². The second-order valence-electron chi connectivity index (χ2n) is 6.08. The number of nitrogens with two attached hydrogens (primary N) is 1. The molecule has 1 saturated heterocycles. The van der Waals surface area contributed by atoms with E-state index in [4.69, 9.17) is 5.73 Å². The van der Waals surface area contributed by atoms with Crippen LogP contribution >= 0.6 is 11.8 Å². The molecule has 0 amide bonds. The molecule has 0 bridgehead atoms. The molecule has 2 unspecified atom stereocenters. The zero-order valence-corrected chi connectivity index (χ0v) is 14.1. The molecule has 1 fully saturated rings. The van der Waals surface area contributed by atoms with Crippen molar-refractivity contribution in [2.75, 3.05) is 31.9 Å². The molecule has 120 valence electrons. The van der Waals surface area contributed by atoms with Gasteiger partial charge in [0.25, 0.3) is 0 Å². The van der Waals surface area contributed by atoms with E-state index in [-0.39, 0.29) is 0 Å². The standard InChI is InChI=1S/C17H26N4S/c1-2-21-9-5-6-14(21)11-20-17(18)19-10-13-12-22-16-8-4-3-7-15(13)16/h3-4,7-8,13-14H,2,5-6,9-12H2,1H3,(H3,18,19,20). The highest BCUT2D eigenvalue weighted by molar-refractivity contribution is 7.99. The third-order valence-corrected chi connectivity index (χ3v) is 5.96. The molecule has 0 saturated carbocycles. The number of nitrogens with one attached hydrogen (secondary N) is 1. The number of guanidine groups is 1. The molecular weight excluding hydrogens is 292 g/mol. The van der Waals surface area contributed by atoms with Crippen molar-refractivity contribution in [1.29, 1.82) is 0 Å². The monoisotopic (exact) mass is 318 g/mol. The maximum Gasteiger partial charge on any atom is 0.188 e. The summed E-state index contributed by atoms with van der Waals surface area (Å²) in [5.74, 6) is 2.26. The second-order valence-corrected chi connectivity index (χ2v) is 7.14. The molecule has 1 aromatic rings. The first kappa shape index (κ1) is 15.7. The normalized spacial score (nSPS) is 25.4. The Balaban J connectivity index is 1.48. The van der Waals surface area contributed by atoms with Crippen molar-refractivity contribution >= 4 is 17.7 Å². The Morgan fingerprint density at radius 3 is 3.18 bits per heavy atom. The molecule has 2 aliphatic rings. The summed E-state index contributed by atoms with van der Waals surface area (Å²) in [6.07, 6.45) is 2.54. The van der Waals surface area contributed by atoms with Gasteiger partial charge in [-0.15, -0.1) is 11.8 Å². The molecule has 3 N–H and O–H groups in total. The van der Waals surface area contributed by atoms with Crippen LogP contribution in [0.15, 0.2) is 34.2 Å². The molecule has 22 heavy (non-hydrogen) atoms. The Kier molecular flexibility index (Phi) is 5.26. The van der Waals surface area contributed by atoms with Gasteiger partial charge in [-0.25, -0.2) is 0 Å². The smallest absolute Gasteiger partial charge is 0.188 e. The van der Waals surface area contributed by atoms with E-state index in [2.05, 4.69) is 46.4 Å². The topological polar surface area (TPSA) is 53.6 Å². The summed E-state index contributed by atoms with van der Waals surface area (Å²) >= 11 is 1.94. The van der Waals surface area contributed by atoms with Gasteiger partial charge in [-0.05, 0) is 37.6 Å². The molecule has 4 nitrogen and oxygen atoms in total. The van der Waals surface area contributed by atoms with Gasteiger partial charge in [-0.1, -0.05) is 25.1 Å². The minimum atomic E-state index is 0.536. The number of hydrogen-bond acceptors (Lipinski definition) is 3. The molecule has 0 radical (unpaired) electrons. The maximum atomic E-state index is 6.05. The average Bonchev–Trinajstić information content (AvgIpc) is 3.17. The van der Waals surface area contributed by atoms with Crippen LogP contribution in [0.4, 0.5) is 0 Å². The van der Waals surface area contributed by atoms with Crippen LogP contribution < -0.4 is 11.1 Å². The van der Waals surface area contributed by atoms with Crippen LogP contribution in [0.3, 0.4) is 0 Å². The molecule has 2 atom stereocenters. The quantitative estimate of drug-likeness (QED) is 0.646. The number of rotatable bonds is 5. The van der Waals surface area contributed by atoms with E-state index >= 15 is 0 Å². The predicted molar refractivity (Wildman–Crippen MR) is 94.7 cm³/mol. The van der Waals surface area contributed by atoms with Crippen LogP contribution in [0.2, 0.25) is 0 Å².